The van der Waals surface area contributed by atoms with E-state index in [4.69, 9.17) is 0 Å². The van der Waals surface area contributed by atoms with E-state index < -0.39 is 23.3 Å². The molecule has 2 N–H and O–H groups in total. The molecule has 0 aromatic heterocycles. The number of nitrogens with one attached hydrogen (secondary N) is 2. The van der Waals surface area contributed by atoms with E-state index in [1.807, 2.05) is 20.8 Å². The molecule has 1 saturated heterocycles. The molecule has 1 aliphatic rings. The maximum absolute atomic E-state index is 12.0. The number of carbonyl (C=O) groups is 3. The number of barbiturate groups is 1. The minimum Gasteiger partial charge on any atom is -0.277 e. The maximum atomic E-state index is 12.0. The normalized spacial score (nSPS) is 18.2. The van der Waals surface area contributed by atoms with E-state index in [-0.39, 0.29) is 29.6 Å². The molecule has 101 valence electrons. The molecule has 0 aromatic carbocycles. The van der Waals surface area contributed by atoms with Gasteiger partial charge in [-0.2, -0.15) is 0 Å². The van der Waals surface area contributed by atoms with Crippen molar-refractivity contribution in [3.63, 3.8) is 0 Å². The Morgan fingerprint density at radius 3 is 2.11 bits per heavy atom. The molecule has 0 aliphatic carbocycles. The first-order chi connectivity index (χ1) is 8.42. The van der Waals surface area contributed by atoms with Gasteiger partial charge in [0, 0.05) is 29.6 Å². The van der Waals surface area contributed by atoms with Gasteiger partial charge >= 0.3 is 6.03 Å². The van der Waals surface area contributed by atoms with E-state index in [1.54, 1.807) is 12.2 Å². The van der Waals surface area contributed by atoms with Crippen LogP contribution in [0.1, 0.15) is 40.0 Å². The van der Waals surface area contributed by atoms with Gasteiger partial charge in [0.1, 0.15) is 5.41 Å². The van der Waals surface area contributed by atoms with E-state index in [2.05, 4.69) is 10.6 Å². The summed E-state index contributed by atoms with van der Waals surface area (Å²) in [7, 11) is 0. The first-order valence-electron chi connectivity index (χ1n) is 6.20. The second-order valence-corrected chi connectivity index (χ2v) is 5.03. The van der Waals surface area contributed by atoms with Gasteiger partial charge in [-0.3, -0.25) is 20.2 Å². The van der Waals surface area contributed by atoms with E-state index in [0.717, 1.165) is 6.42 Å². The van der Waals surface area contributed by atoms with Crippen molar-refractivity contribution in [2.45, 2.75) is 40.0 Å². The molecule has 1 heterocycles. The van der Waals surface area contributed by atoms with Crippen molar-refractivity contribution >= 4 is 47.4 Å². The van der Waals surface area contributed by atoms with Gasteiger partial charge in [0.15, 0.2) is 0 Å². The third-order valence-electron chi connectivity index (χ3n) is 3.17. The second kappa shape index (κ2) is 7.82. The summed E-state index contributed by atoms with van der Waals surface area (Å²) in [6.45, 7) is 5.90. The van der Waals surface area contributed by atoms with Crippen LogP contribution >= 0.6 is 0 Å². The summed E-state index contributed by atoms with van der Waals surface area (Å²) < 4.78 is 0. The quantitative estimate of drug-likeness (QED) is 0.452. The molecule has 6 heteroatoms. The Hall–Kier alpha value is -0.650. The predicted octanol–water partition coefficient (Wildman–Crippen LogP) is 1.36. The molecule has 1 aliphatic heterocycles. The molecule has 1 rings (SSSR count). The smallest absolute Gasteiger partial charge is 0.277 e. The number of urea groups is 1. The van der Waals surface area contributed by atoms with Gasteiger partial charge in [-0.1, -0.05) is 26.0 Å². The predicted molar refractivity (Wildman–Crippen MR) is 73.4 cm³/mol. The van der Waals surface area contributed by atoms with Crippen molar-refractivity contribution in [3.05, 3.63) is 12.2 Å². The summed E-state index contributed by atoms with van der Waals surface area (Å²) in [5.41, 5.74) is -1.15. The van der Waals surface area contributed by atoms with Crippen LogP contribution in [-0.4, -0.2) is 47.4 Å². The summed E-state index contributed by atoms with van der Waals surface area (Å²) in [6.07, 6.45) is 5.11. The van der Waals surface area contributed by atoms with Gasteiger partial charge in [-0.25, -0.2) is 4.79 Å². The fourth-order valence-corrected chi connectivity index (χ4v) is 1.95. The fraction of sp³-hybridized carbons (Fsp3) is 0.615. The Morgan fingerprint density at radius 2 is 1.68 bits per heavy atom. The molecule has 0 atom stereocenters. The average Bonchev–Trinajstić information content (AvgIpc) is 2.27. The zero-order valence-corrected chi connectivity index (χ0v) is 14.1. The Bertz CT molecular complexity index is 371. The number of hydrogen-bond donors (Lipinski definition) is 2. The topological polar surface area (TPSA) is 75.3 Å². The number of amides is 4. The zero-order valence-electron chi connectivity index (χ0n) is 12.1. The zero-order chi connectivity index (χ0) is 13.8. The van der Waals surface area contributed by atoms with Crippen LogP contribution in [0, 0.1) is 11.3 Å². The number of rotatable bonds is 5. The minimum atomic E-state index is -1.15. The Morgan fingerprint density at radius 1 is 1.16 bits per heavy atom. The molecule has 0 aromatic rings. The average molecular weight is 275 g/mol. The molecule has 4 amide bonds. The van der Waals surface area contributed by atoms with Crippen LogP contribution in [0.4, 0.5) is 4.79 Å². The van der Waals surface area contributed by atoms with Crippen molar-refractivity contribution in [1.82, 2.24) is 10.6 Å². The first kappa shape index (κ1) is 18.4. The van der Waals surface area contributed by atoms with Crippen LogP contribution in [0.2, 0.25) is 0 Å². The molecule has 0 saturated carbocycles. The number of allylic oxidation sites excluding steroid dienone is 2. The van der Waals surface area contributed by atoms with E-state index in [1.165, 1.54) is 0 Å². The van der Waals surface area contributed by atoms with Gasteiger partial charge in [-0.05, 0) is 32.1 Å². The van der Waals surface area contributed by atoms with Crippen LogP contribution in [0.15, 0.2) is 12.2 Å². The van der Waals surface area contributed by atoms with Crippen molar-refractivity contribution in [2.75, 3.05) is 0 Å². The molecule has 1 fully saturated rings. The Balaban J connectivity index is 0.00000324. The van der Waals surface area contributed by atoms with Crippen molar-refractivity contribution < 1.29 is 14.4 Å². The van der Waals surface area contributed by atoms with E-state index in [0.29, 0.717) is 18.8 Å². The molecule has 0 bridgehead atoms. The van der Waals surface area contributed by atoms with Gasteiger partial charge in [0.2, 0.25) is 11.8 Å². The molecule has 5 nitrogen and oxygen atoms in total. The van der Waals surface area contributed by atoms with Crippen molar-refractivity contribution in [2.24, 2.45) is 11.3 Å². The van der Waals surface area contributed by atoms with Gasteiger partial charge in [0.25, 0.3) is 0 Å². The summed E-state index contributed by atoms with van der Waals surface area (Å²) in [6, 6.07) is -0.731. The van der Waals surface area contributed by atoms with Gasteiger partial charge in [0.05, 0.1) is 0 Å². The largest absolute Gasteiger partial charge is 0.328 e. The minimum absolute atomic E-state index is 0. The summed E-state index contributed by atoms with van der Waals surface area (Å²) in [4.78, 5) is 35.2. The van der Waals surface area contributed by atoms with Crippen molar-refractivity contribution in [3.8, 4) is 0 Å². The van der Waals surface area contributed by atoms with Gasteiger partial charge in [-0.15, -0.1) is 0 Å². The molecular formula is C13H20N2NaO3. The molecule has 1 radical (unpaired) electrons. The van der Waals surface area contributed by atoms with E-state index >= 15 is 0 Å². The second-order valence-electron chi connectivity index (χ2n) is 5.03. The Kier molecular flexibility index (Phi) is 7.55. The standard InChI is InChI=1S/C13H20N2O3.Na/c1-4-5-7-13(8-6-9(2)3)10(16)14-12(18)15-11(13)17;/h4-5,9H,6-8H2,1-3H3,(H2,14,15,16,17,18);. The number of carbonyl (C=O) groups excluding carboxylic acids is 3. The summed E-state index contributed by atoms with van der Waals surface area (Å²) in [5, 5.41) is 4.38. The van der Waals surface area contributed by atoms with Crippen LogP contribution in [0.3, 0.4) is 0 Å². The van der Waals surface area contributed by atoms with Crippen LogP contribution < -0.4 is 10.6 Å². The Labute approximate surface area is 135 Å². The third kappa shape index (κ3) is 4.44. The van der Waals surface area contributed by atoms with Crippen LogP contribution in [-0.2, 0) is 9.59 Å². The molecule has 0 unspecified atom stereocenters. The van der Waals surface area contributed by atoms with Gasteiger partial charge < -0.3 is 0 Å². The summed E-state index contributed by atoms with van der Waals surface area (Å²) in [5.74, 6) is -0.587. The fourth-order valence-electron chi connectivity index (χ4n) is 1.95. The molecular weight excluding hydrogens is 255 g/mol. The molecule has 19 heavy (non-hydrogen) atoms. The SMILES string of the molecule is CC=CCC1(CCC(C)C)C(=O)NC(=O)NC1=O.[Na]. The summed E-state index contributed by atoms with van der Waals surface area (Å²) >= 11 is 0. The molecule has 0 spiro atoms. The number of hydrogen-bond acceptors (Lipinski definition) is 3. The third-order valence-corrected chi connectivity index (χ3v) is 3.17. The van der Waals surface area contributed by atoms with Crippen LogP contribution in [0.25, 0.3) is 0 Å². The maximum Gasteiger partial charge on any atom is 0.328 e. The van der Waals surface area contributed by atoms with Crippen molar-refractivity contribution in [1.29, 1.82) is 0 Å². The monoisotopic (exact) mass is 275 g/mol. The van der Waals surface area contributed by atoms with Crippen LogP contribution in [0.5, 0.6) is 0 Å². The van der Waals surface area contributed by atoms with E-state index in [9.17, 15) is 14.4 Å². The number of imide groups is 2. The first-order valence-corrected chi connectivity index (χ1v) is 6.20.